The molecule has 1 saturated heterocycles. The topological polar surface area (TPSA) is 47.6 Å². The van der Waals surface area contributed by atoms with Crippen molar-refractivity contribution in [1.29, 1.82) is 0 Å². The van der Waals surface area contributed by atoms with Gasteiger partial charge in [0.25, 0.3) is 0 Å². The lowest BCUT2D eigenvalue weighted by Crippen LogP contribution is -2.27. The molecule has 1 aliphatic rings. The monoisotopic (exact) mass is 343 g/mol. The maximum Gasteiger partial charge on any atom is 0.311 e. The quantitative estimate of drug-likeness (QED) is 0.845. The number of hydrogen-bond acceptors (Lipinski definition) is 4. The Morgan fingerprint density at radius 3 is 2.36 bits per heavy atom. The first-order valence-electron chi connectivity index (χ1n) is 8.43. The summed E-state index contributed by atoms with van der Waals surface area (Å²) >= 11 is 0. The van der Waals surface area contributed by atoms with Crippen molar-refractivity contribution in [1.82, 2.24) is 5.32 Å². The van der Waals surface area contributed by atoms with Crippen LogP contribution in [-0.2, 0) is 9.53 Å². The summed E-state index contributed by atoms with van der Waals surface area (Å²) in [5, 5.41) is 3.43. The van der Waals surface area contributed by atoms with Crippen LogP contribution in [0, 0.1) is 11.7 Å². The van der Waals surface area contributed by atoms with Crippen LogP contribution < -0.4 is 10.1 Å². The van der Waals surface area contributed by atoms with E-state index in [0.717, 1.165) is 16.9 Å². The Labute approximate surface area is 147 Å². The molecule has 0 aromatic heterocycles. The van der Waals surface area contributed by atoms with E-state index >= 15 is 0 Å². The van der Waals surface area contributed by atoms with Crippen molar-refractivity contribution >= 4 is 5.97 Å². The molecule has 5 heteroatoms. The number of esters is 1. The molecule has 3 atom stereocenters. The minimum Gasteiger partial charge on any atom is -0.497 e. The van der Waals surface area contributed by atoms with Gasteiger partial charge in [0.1, 0.15) is 11.6 Å². The van der Waals surface area contributed by atoms with Crippen molar-refractivity contribution in [3.05, 3.63) is 65.5 Å². The molecule has 1 N–H and O–H groups in total. The predicted octanol–water partition coefficient (Wildman–Crippen LogP) is 3.44. The Morgan fingerprint density at radius 2 is 1.76 bits per heavy atom. The Bertz CT molecular complexity index is 715. The van der Waals surface area contributed by atoms with E-state index in [9.17, 15) is 9.18 Å². The Balaban J connectivity index is 1.91. The summed E-state index contributed by atoms with van der Waals surface area (Å²) in [6, 6.07) is 13.9. The number of hydrogen-bond donors (Lipinski definition) is 1. The van der Waals surface area contributed by atoms with Gasteiger partial charge in [-0.2, -0.15) is 0 Å². The fraction of sp³-hybridized carbons (Fsp3) is 0.350. The summed E-state index contributed by atoms with van der Waals surface area (Å²) in [6.07, 6.45) is 0. The van der Waals surface area contributed by atoms with Gasteiger partial charge in [-0.1, -0.05) is 24.3 Å². The van der Waals surface area contributed by atoms with Crippen LogP contribution in [0.15, 0.2) is 48.5 Å². The molecular weight excluding hydrogens is 321 g/mol. The van der Waals surface area contributed by atoms with Crippen molar-refractivity contribution in [2.24, 2.45) is 5.92 Å². The highest BCUT2D eigenvalue weighted by Gasteiger charge is 2.43. The van der Waals surface area contributed by atoms with Crippen molar-refractivity contribution in [3.63, 3.8) is 0 Å². The summed E-state index contributed by atoms with van der Waals surface area (Å²) in [4.78, 5) is 12.6. The fourth-order valence-corrected chi connectivity index (χ4v) is 3.45. The van der Waals surface area contributed by atoms with Crippen molar-refractivity contribution < 1.29 is 18.7 Å². The largest absolute Gasteiger partial charge is 0.497 e. The van der Waals surface area contributed by atoms with Gasteiger partial charge in [0.2, 0.25) is 0 Å². The lowest BCUT2D eigenvalue weighted by atomic mass is 9.83. The highest BCUT2D eigenvalue weighted by molar-refractivity contribution is 5.75. The van der Waals surface area contributed by atoms with E-state index < -0.39 is 0 Å². The molecule has 0 radical (unpaired) electrons. The van der Waals surface area contributed by atoms with E-state index in [-0.39, 0.29) is 29.7 Å². The van der Waals surface area contributed by atoms with Crippen LogP contribution in [0.3, 0.4) is 0 Å². The molecule has 0 unspecified atom stereocenters. The Kier molecular flexibility index (Phi) is 5.34. The lowest BCUT2D eigenvalue weighted by molar-refractivity contribution is -0.148. The maximum absolute atomic E-state index is 13.2. The van der Waals surface area contributed by atoms with Gasteiger partial charge in [-0.05, 0) is 42.3 Å². The molecule has 0 amide bonds. The summed E-state index contributed by atoms with van der Waals surface area (Å²) < 4.78 is 23.8. The number of carbonyl (C=O) groups is 1. The summed E-state index contributed by atoms with van der Waals surface area (Å²) in [5.74, 6) is -0.174. The van der Waals surface area contributed by atoms with Crippen LogP contribution in [0.1, 0.15) is 30.0 Å². The second kappa shape index (κ2) is 7.66. The van der Waals surface area contributed by atoms with Crippen molar-refractivity contribution in [2.45, 2.75) is 18.9 Å². The molecule has 1 heterocycles. The van der Waals surface area contributed by atoms with E-state index in [1.807, 2.05) is 24.3 Å². The second-order valence-electron chi connectivity index (χ2n) is 6.09. The minimum absolute atomic E-state index is 0.0632. The maximum atomic E-state index is 13.2. The molecule has 0 saturated carbocycles. The molecule has 1 aliphatic heterocycles. The average Bonchev–Trinajstić information content (AvgIpc) is 3.08. The van der Waals surface area contributed by atoms with Gasteiger partial charge in [-0.3, -0.25) is 4.79 Å². The number of ether oxygens (including phenoxy) is 2. The first-order chi connectivity index (χ1) is 12.1. The molecule has 0 spiro atoms. The van der Waals surface area contributed by atoms with Crippen molar-refractivity contribution in [3.8, 4) is 5.75 Å². The standard InChI is InChI=1S/C20H22FNO3/c1-3-25-20(23)18-17(13-4-8-15(21)9-5-13)12-22-19(18)14-6-10-16(24-2)11-7-14/h4-11,17-19,22H,3,12H2,1-2H3/t17-,18-,19+/m1/s1. The summed E-state index contributed by atoms with van der Waals surface area (Å²) in [6.45, 7) is 2.77. The Morgan fingerprint density at radius 1 is 1.12 bits per heavy atom. The summed E-state index contributed by atoms with van der Waals surface area (Å²) in [7, 11) is 1.62. The lowest BCUT2D eigenvalue weighted by Gasteiger charge is -2.23. The number of rotatable bonds is 5. The third kappa shape index (κ3) is 3.66. The second-order valence-corrected chi connectivity index (χ2v) is 6.09. The zero-order valence-corrected chi connectivity index (χ0v) is 14.4. The fourth-order valence-electron chi connectivity index (χ4n) is 3.45. The van der Waals surface area contributed by atoms with Gasteiger partial charge in [0.15, 0.2) is 0 Å². The van der Waals surface area contributed by atoms with Gasteiger partial charge >= 0.3 is 5.97 Å². The van der Waals surface area contributed by atoms with E-state index in [1.165, 1.54) is 12.1 Å². The molecule has 25 heavy (non-hydrogen) atoms. The molecule has 3 rings (SSSR count). The van der Waals surface area contributed by atoms with Crippen LogP contribution in [0.2, 0.25) is 0 Å². The molecule has 0 bridgehead atoms. The predicted molar refractivity (Wildman–Crippen MR) is 93.0 cm³/mol. The third-order valence-corrected chi connectivity index (χ3v) is 4.68. The molecule has 132 valence electrons. The minimum atomic E-state index is -0.362. The molecular formula is C20H22FNO3. The normalized spacial score (nSPS) is 22.6. The molecule has 2 aromatic carbocycles. The number of nitrogens with one attached hydrogen (secondary N) is 1. The van der Waals surface area contributed by atoms with Gasteiger partial charge < -0.3 is 14.8 Å². The van der Waals surface area contributed by atoms with Crippen LogP contribution in [0.25, 0.3) is 0 Å². The molecule has 0 aliphatic carbocycles. The van der Waals surface area contributed by atoms with E-state index in [1.54, 1.807) is 26.2 Å². The Hall–Kier alpha value is -2.40. The van der Waals surface area contributed by atoms with Gasteiger partial charge in [0, 0.05) is 18.5 Å². The van der Waals surface area contributed by atoms with Gasteiger partial charge in [0.05, 0.1) is 19.6 Å². The average molecular weight is 343 g/mol. The highest BCUT2D eigenvalue weighted by Crippen LogP contribution is 2.40. The zero-order valence-electron chi connectivity index (χ0n) is 14.4. The number of benzene rings is 2. The van der Waals surface area contributed by atoms with Crippen LogP contribution in [-0.4, -0.2) is 26.2 Å². The van der Waals surface area contributed by atoms with Crippen LogP contribution in [0.4, 0.5) is 4.39 Å². The smallest absolute Gasteiger partial charge is 0.311 e. The zero-order chi connectivity index (χ0) is 17.8. The highest BCUT2D eigenvalue weighted by atomic mass is 19.1. The van der Waals surface area contributed by atoms with Gasteiger partial charge in [-0.25, -0.2) is 4.39 Å². The van der Waals surface area contributed by atoms with E-state index in [2.05, 4.69) is 5.32 Å². The number of methoxy groups -OCH3 is 1. The van der Waals surface area contributed by atoms with Crippen LogP contribution >= 0.6 is 0 Å². The SMILES string of the molecule is CCOC(=O)[C@@H]1[C@@H](c2ccc(F)cc2)CN[C@H]1c1ccc(OC)cc1. The summed E-state index contributed by atoms with van der Waals surface area (Å²) in [5.41, 5.74) is 1.94. The first kappa shape index (κ1) is 17.4. The molecule has 1 fully saturated rings. The van der Waals surface area contributed by atoms with Crippen molar-refractivity contribution in [2.75, 3.05) is 20.3 Å². The number of halogens is 1. The van der Waals surface area contributed by atoms with Gasteiger partial charge in [-0.15, -0.1) is 0 Å². The van der Waals surface area contributed by atoms with E-state index in [4.69, 9.17) is 9.47 Å². The molecule has 2 aromatic rings. The van der Waals surface area contributed by atoms with Crippen LogP contribution in [0.5, 0.6) is 5.75 Å². The molecule has 4 nitrogen and oxygen atoms in total. The first-order valence-corrected chi connectivity index (χ1v) is 8.43. The number of carbonyl (C=O) groups excluding carboxylic acids is 1. The third-order valence-electron chi connectivity index (χ3n) is 4.68. The van der Waals surface area contributed by atoms with E-state index in [0.29, 0.717) is 13.2 Å².